The average Bonchev–Trinajstić information content (AvgIpc) is 2.45. The third kappa shape index (κ3) is 4.49. The summed E-state index contributed by atoms with van der Waals surface area (Å²) >= 11 is 0. The van der Waals surface area contributed by atoms with E-state index in [9.17, 15) is 9.18 Å². The quantitative estimate of drug-likeness (QED) is 0.890. The number of carbonyl (C=O) groups excluding carboxylic acids is 1. The van der Waals surface area contributed by atoms with E-state index in [1.54, 1.807) is 12.1 Å². The minimum absolute atomic E-state index is 0.117. The van der Waals surface area contributed by atoms with Crippen molar-refractivity contribution in [2.24, 2.45) is 5.41 Å². The van der Waals surface area contributed by atoms with E-state index < -0.39 is 0 Å². The van der Waals surface area contributed by atoms with E-state index in [4.69, 9.17) is 4.74 Å². The zero-order valence-corrected chi connectivity index (χ0v) is 11.7. The molecule has 1 heterocycles. The summed E-state index contributed by atoms with van der Waals surface area (Å²) in [5.74, 6) is -0.273. The highest BCUT2D eigenvalue weighted by Crippen LogP contribution is 2.28. The fraction of sp³-hybridized carbons (Fsp3) is 0.533. The number of carbonyl (C=O) groups is 1. The van der Waals surface area contributed by atoms with E-state index in [2.05, 4.69) is 17.6 Å². The molecule has 0 spiro atoms. The molecule has 1 aliphatic heterocycles. The van der Waals surface area contributed by atoms with E-state index in [1.165, 1.54) is 12.1 Å². The molecule has 5 heteroatoms. The Kier molecular flexibility index (Phi) is 4.95. The summed E-state index contributed by atoms with van der Waals surface area (Å²) in [6.45, 7) is 4.72. The number of nitrogens with one attached hydrogen (secondary N) is 2. The molecule has 0 atom stereocenters. The van der Waals surface area contributed by atoms with Crippen LogP contribution in [-0.2, 0) is 11.3 Å². The third-order valence-electron chi connectivity index (χ3n) is 3.74. The zero-order valence-electron chi connectivity index (χ0n) is 11.7. The van der Waals surface area contributed by atoms with Gasteiger partial charge in [0.25, 0.3) is 0 Å². The minimum Gasteiger partial charge on any atom is -0.381 e. The molecule has 2 rings (SSSR count). The summed E-state index contributed by atoms with van der Waals surface area (Å²) in [6, 6.07) is 5.91. The second kappa shape index (κ2) is 6.70. The van der Waals surface area contributed by atoms with E-state index in [1.807, 2.05) is 0 Å². The van der Waals surface area contributed by atoms with Crippen LogP contribution in [0.5, 0.6) is 0 Å². The van der Waals surface area contributed by atoms with Gasteiger partial charge < -0.3 is 15.4 Å². The summed E-state index contributed by atoms with van der Waals surface area (Å²) in [4.78, 5) is 11.7. The summed E-state index contributed by atoms with van der Waals surface area (Å²) in [5.41, 5.74) is 0.990. The summed E-state index contributed by atoms with van der Waals surface area (Å²) in [5, 5.41) is 5.67. The maximum absolute atomic E-state index is 12.7. The van der Waals surface area contributed by atoms with Gasteiger partial charge in [0.15, 0.2) is 0 Å². The first-order chi connectivity index (χ1) is 9.57. The van der Waals surface area contributed by atoms with Gasteiger partial charge >= 0.3 is 6.03 Å². The lowest BCUT2D eigenvalue weighted by molar-refractivity contribution is 0.0252. The Bertz CT molecular complexity index is 442. The molecular weight excluding hydrogens is 259 g/mol. The summed E-state index contributed by atoms with van der Waals surface area (Å²) in [6.07, 6.45) is 1.93. The van der Waals surface area contributed by atoms with E-state index in [0.29, 0.717) is 13.1 Å². The number of urea groups is 1. The molecule has 1 aromatic carbocycles. The van der Waals surface area contributed by atoms with Gasteiger partial charge in [0.1, 0.15) is 5.82 Å². The molecule has 1 aromatic rings. The molecular formula is C15H21FN2O2. The van der Waals surface area contributed by atoms with Gasteiger partial charge in [-0.1, -0.05) is 19.1 Å². The molecule has 1 saturated heterocycles. The number of benzene rings is 1. The fourth-order valence-corrected chi connectivity index (χ4v) is 2.18. The Balaban J connectivity index is 1.71. The highest BCUT2D eigenvalue weighted by atomic mass is 19.1. The molecule has 2 amide bonds. The molecule has 0 saturated carbocycles. The van der Waals surface area contributed by atoms with Crippen LogP contribution in [0, 0.1) is 11.2 Å². The Morgan fingerprint density at radius 1 is 1.25 bits per heavy atom. The number of hydrogen-bond donors (Lipinski definition) is 2. The molecule has 1 fully saturated rings. The number of amides is 2. The molecule has 20 heavy (non-hydrogen) atoms. The molecule has 0 radical (unpaired) electrons. The molecule has 2 N–H and O–H groups in total. The molecule has 4 nitrogen and oxygen atoms in total. The van der Waals surface area contributed by atoms with Gasteiger partial charge in [-0.25, -0.2) is 9.18 Å². The highest BCUT2D eigenvalue weighted by molar-refractivity contribution is 5.73. The number of halogens is 1. The zero-order chi connectivity index (χ0) is 14.4. The van der Waals surface area contributed by atoms with Crippen molar-refractivity contribution < 1.29 is 13.9 Å². The van der Waals surface area contributed by atoms with Gasteiger partial charge in [0.2, 0.25) is 0 Å². The first-order valence-electron chi connectivity index (χ1n) is 6.91. The van der Waals surface area contributed by atoms with Crippen LogP contribution in [0.4, 0.5) is 9.18 Å². The number of hydrogen-bond acceptors (Lipinski definition) is 2. The smallest absolute Gasteiger partial charge is 0.315 e. The molecule has 0 aliphatic carbocycles. The standard InChI is InChI=1S/C15H21FN2O2/c1-15(6-8-20-9-7-15)11-18-14(19)17-10-12-2-4-13(16)5-3-12/h2-5H,6-11H2,1H3,(H2,17,18,19). The van der Waals surface area contributed by atoms with E-state index in [0.717, 1.165) is 31.6 Å². The Morgan fingerprint density at radius 2 is 1.90 bits per heavy atom. The summed E-state index contributed by atoms with van der Waals surface area (Å²) in [7, 11) is 0. The molecule has 0 bridgehead atoms. The van der Waals surface area contributed by atoms with Crippen molar-refractivity contribution in [2.45, 2.75) is 26.3 Å². The maximum atomic E-state index is 12.7. The van der Waals surface area contributed by atoms with Crippen LogP contribution in [0.3, 0.4) is 0 Å². The van der Waals surface area contributed by atoms with Gasteiger partial charge in [-0.2, -0.15) is 0 Å². The van der Waals surface area contributed by atoms with Crippen molar-refractivity contribution in [2.75, 3.05) is 19.8 Å². The Morgan fingerprint density at radius 3 is 2.55 bits per heavy atom. The van der Waals surface area contributed by atoms with Crippen LogP contribution in [0.1, 0.15) is 25.3 Å². The maximum Gasteiger partial charge on any atom is 0.315 e. The van der Waals surface area contributed by atoms with Gasteiger partial charge in [-0.05, 0) is 36.0 Å². The lowest BCUT2D eigenvalue weighted by Gasteiger charge is -2.33. The molecule has 110 valence electrons. The second-order valence-corrected chi connectivity index (χ2v) is 5.59. The predicted molar refractivity (Wildman–Crippen MR) is 74.8 cm³/mol. The SMILES string of the molecule is CC1(CNC(=O)NCc2ccc(F)cc2)CCOCC1. The van der Waals surface area contributed by atoms with Crippen molar-refractivity contribution in [3.63, 3.8) is 0 Å². The lowest BCUT2D eigenvalue weighted by Crippen LogP contribution is -2.43. The predicted octanol–water partition coefficient (Wildman–Crippen LogP) is 2.44. The van der Waals surface area contributed by atoms with Crippen molar-refractivity contribution >= 4 is 6.03 Å². The second-order valence-electron chi connectivity index (χ2n) is 5.59. The van der Waals surface area contributed by atoms with Crippen LogP contribution >= 0.6 is 0 Å². The van der Waals surface area contributed by atoms with Crippen LogP contribution in [0.2, 0.25) is 0 Å². The van der Waals surface area contributed by atoms with Gasteiger partial charge in [-0.3, -0.25) is 0 Å². The van der Waals surface area contributed by atoms with E-state index in [-0.39, 0.29) is 17.3 Å². The normalized spacial score (nSPS) is 17.5. The van der Waals surface area contributed by atoms with Gasteiger partial charge in [-0.15, -0.1) is 0 Å². The monoisotopic (exact) mass is 280 g/mol. The largest absolute Gasteiger partial charge is 0.381 e. The third-order valence-corrected chi connectivity index (χ3v) is 3.74. The van der Waals surface area contributed by atoms with E-state index >= 15 is 0 Å². The highest BCUT2D eigenvalue weighted by Gasteiger charge is 2.27. The van der Waals surface area contributed by atoms with Gasteiger partial charge in [0, 0.05) is 26.3 Å². The van der Waals surface area contributed by atoms with Crippen molar-refractivity contribution in [3.05, 3.63) is 35.6 Å². The Hall–Kier alpha value is -1.62. The average molecular weight is 280 g/mol. The first-order valence-corrected chi connectivity index (χ1v) is 6.91. The Labute approximate surface area is 118 Å². The minimum atomic E-state index is -0.273. The topological polar surface area (TPSA) is 50.4 Å². The molecule has 0 aromatic heterocycles. The van der Waals surface area contributed by atoms with Crippen LogP contribution in [0.15, 0.2) is 24.3 Å². The van der Waals surface area contributed by atoms with Crippen LogP contribution in [0.25, 0.3) is 0 Å². The van der Waals surface area contributed by atoms with Crippen molar-refractivity contribution in [1.82, 2.24) is 10.6 Å². The summed E-state index contributed by atoms with van der Waals surface area (Å²) < 4.78 is 18.1. The lowest BCUT2D eigenvalue weighted by atomic mass is 9.82. The van der Waals surface area contributed by atoms with Crippen molar-refractivity contribution in [1.29, 1.82) is 0 Å². The van der Waals surface area contributed by atoms with Crippen molar-refractivity contribution in [3.8, 4) is 0 Å². The fourth-order valence-electron chi connectivity index (χ4n) is 2.18. The first kappa shape index (κ1) is 14.8. The van der Waals surface area contributed by atoms with Crippen LogP contribution < -0.4 is 10.6 Å². The van der Waals surface area contributed by atoms with Gasteiger partial charge in [0.05, 0.1) is 0 Å². The number of rotatable bonds is 4. The molecule has 0 unspecified atom stereocenters. The molecule has 1 aliphatic rings. The number of ether oxygens (including phenoxy) is 1. The van der Waals surface area contributed by atoms with Crippen LogP contribution in [-0.4, -0.2) is 25.8 Å².